The number of fused-ring (bicyclic) bond motifs is 1. The van der Waals surface area contributed by atoms with Crippen molar-refractivity contribution in [2.24, 2.45) is 0 Å². The lowest BCUT2D eigenvalue weighted by Gasteiger charge is -2.17. The number of aromatic nitrogens is 3. The first-order chi connectivity index (χ1) is 9.92. The summed E-state index contributed by atoms with van der Waals surface area (Å²) >= 11 is 0. The zero-order valence-electron chi connectivity index (χ0n) is 11.0. The van der Waals surface area contributed by atoms with Crippen LogP contribution in [0.15, 0.2) is 35.0 Å². The summed E-state index contributed by atoms with van der Waals surface area (Å²) in [4.78, 5) is 7.78. The fourth-order valence-electron chi connectivity index (χ4n) is 2.74. The number of H-pyrrole nitrogens is 1. The molecule has 1 aliphatic rings. The van der Waals surface area contributed by atoms with Gasteiger partial charge in [-0.25, -0.2) is 0 Å². The van der Waals surface area contributed by atoms with Crippen LogP contribution in [0.1, 0.15) is 24.7 Å². The molecule has 1 fully saturated rings. The van der Waals surface area contributed by atoms with Crippen molar-refractivity contribution in [3.05, 3.63) is 36.4 Å². The monoisotopic (exact) mass is 269 g/mol. The lowest BCUT2D eigenvalue weighted by Crippen LogP contribution is -2.14. The molecular weight excluding hydrogens is 254 g/mol. The quantitative estimate of drug-likeness (QED) is 0.776. The third-order valence-electron chi connectivity index (χ3n) is 3.85. The van der Waals surface area contributed by atoms with Crippen molar-refractivity contribution in [1.82, 2.24) is 15.1 Å². The largest absolute Gasteiger partial charge is 0.381 e. The van der Waals surface area contributed by atoms with Gasteiger partial charge in [0.05, 0.1) is 0 Å². The summed E-state index contributed by atoms with van der Waals surface area (Å²) in [7, 11) is 0. The van der Waals surface area contributed by atoms with E-state index in [0.29, 0.717) is 11.7 Å². The van der Waals surface area contributed by atoms with Crippen LogP contribution in [0.2, 0.25) is 0 Å². The van der Waals surface area contributed by atoms with Crippen LogP contribution >= 0.6 is 0 Å². The molecule has 5 heteroatoms. The maximum atomic E-state index is 5.46. The summed E-state index contributed by atoms with van der Waals surface area (Å²) in [5, 5.41) is 5.27. The number of benzene rings is 1. The Balaban J connectivity index is 1.72. The second kappa shape index (κ2) is 4.76. The van der Waals surface area contributed by atoms with E-state index in [1.807, 2.05) is 30.5 Å². The van der Waals surface area contributed by atoms with Crippen LogP contribution in [0.3, 0.4) is 0 Å². The number of aromatic amines is 1. The van der Waals surface area contributed by atoms with Crippen molar-refractivity contribution in [2.45, 2.75) is 18.8 Å². The molecule has 1 N–H and O–H groups in total. The van der Waals surface area contributed by atoms with E-state index < -0.39 is 0 Å². The van der Waals surface area contributed by atoms with E-state index in [9.17, 15) is 0 Å². The summed E-state index contributed by atoms with van der Waals surface area (Å²) in [5.74, 6) is 1.72. The van der Waals surface area contributed by atoms with Gasteiger partial charge in [0.15, 0.2) is 0 Å². The minimum Gasteiger partial charge on any atom is -0.381 e. The Labute approximate surface area is 115 Å². The molecule has 3 aromatic rings. The highest BCUT2D eigenvalue weighted by molar-refractivity contribution is 5.93. The molecule has 1 aliphatic heterocycles. The molecule has 20 heavy (non-hydrogen) atoms. The van der Waals surface area contributed by atoms with Gasteiger partial charge in [0.25, 0.3) is 0 Å². The smallest absolute Gasteiger partial charge is 0.230 e. The lowest BCUT2D eigenvalue weighted by atomic mass is 10.0. The van der Waals surface area contributed by atoms with Crippen LogP contribution in [0.4, 0.5) is 0 Å². The van der Waals surface area contributed by atoms with Gasteiger partial charge in [-0.1, -0.05) is 17.3 Å². The van der Waals surface area contributed by atoms with E-state index in [1.165, 1.54) is 0 Å². The van der Waals surface area contributed by atoms with Crippen molar-refractivity contribution in [1.29, 1.82) is 0 Å². The third kappa shape index (κ3) is 1.91. The zero-order valence-corrected chi connectivity index (χ0v) is 11.0. The van der Waals surface area contributed by atoms with Crippen LogP contribution in [0.25, 0.3) is 22.3 Å². The summed E-state index contributed by atoms with van der Waals surface area (Å²) in [6.45, 7) is 1.55. The molecule has 3 heterocycles. The van der Waals surface area contributed by atoms with Gasteiger partial charge in [-0.15, -0.1) is 0 Å². The molecule has 1 aromatic carbocycles. The first-order valence-corrected chi connectivity index (χ1v) is 6.89. The first-order valence-electron chi connectivity index (χ1n) is 6.89. The highest BCUT2D eigenvalue weighted by atomic mass is 16.5. The molecule has 2 aromatic heterocycles. The van der Waals surface area contributed by atoms with Gasteiger partial charge in [0.2, 0.25) is 11.7 Å². The van der Waals surface area contributed by atoms with Gasteiger partial charge in [0, 0.05) is 41.8 Å². The van der Waals surface area contributed by atoms with Crippen molar-refractivity contribution in [3.8, 4) is 11.4 Å². The molecule has 102 valence electrons. The summed E-state index contributed by atoms with van der Waals surface area (Å²) in [6, 6.07) is 8.10. The highest BCUT2D eigenvalue weighted by Crippen LogP contribution is 2.30. The maximum Gasteiger partial charge on any atom is 0.230 e. The summed E-state index contributed by atoms with van der Waals surface area (Å²) in [5.41, 5.74) is 2.09. The third-order valence-corrected chi connectivity index (χ3v) is 3.85. The summed E-state index contributed by atoms with van der Waals surface area (Å²) in [6.07, 6.45) is 3.83. The van der Waals surface area contributed by atoms with Crippen LogP contribution in [-0.4, -0.2) is 28.3 Å². The van der Waals surface area contributed by atoms with Gasteiger partial charge in [-0.2, -0.15) is 4.98 Å². The molecule has 5 nitrogen and oxygen atoms in total. The second-order valence-corrected chi connectivity index (χ2v) is 5.09. The van der Waals surface area contributed by atoms with Crippen LogP contribution in [0.5, 0.6) is 0 Å². The highest BCUT2D eigenvalue weighted by Gasteiger charge is 2.22. The van der Waals surface area contributed by atoms with E-state index in [4.69, 9.17) is 9.26 Å². The summed E-state index contributed by atoms with van der Waals surface area (Å²) < 4.78 is 10.8. The number of ether oxygens (including phenoxy) is 1. The topological polar surface area (TPSA) is 63.9 Å². The minimum atomic E-state index is 0.329. The van der Waals surface area contributed by atoms with Crippen LogP contribution < -0.4 is 0 Å². The predicted molar refractivity (Wildman–Crippen MR) is 74.4 cm³/mol. The van der Waals surface area contributed by atoms with Gasteiger partial charge < -0.3 is 14.2 Å². The average molecular weight is 269 g/mol. The zero-order chi connectivity index (χ0) is 13.4. The van der Waals surface area contributed by atoms with Crippen molar-refractivity contribution in [2.75, 3.05) is 13.2 Å². The molecule has 0 bridgehead atoms. The number of nitrogens with zero attached hydrogens (tertiary/aromatic N) is 2. The van der Waals surface area contributed by atoms with Crippen LogP contribution in [-0.2, 0) is 4.74 Å². The molecule has 0 aliphatic carbocycles. The molecule has 1 saturated heterocycles. The van der Waals surface area contributed by atoms with E-state index in [1.54, 1.807) is 0 Å². The van der Waals surface area contributed by atoms with E-state index in [0.717, 1.165) is 48.4 Å². The molecule has 0 unspecified atom stereocenters. The Morgan fingerprint density at radius 1 is 1.15 bits per heavy atom. The minimum absolute atomic E-state index is 0.329. The molecule has 0 saturated carbocycles. The fraction of sp³-hybridized carbons (Fsp3) is 0.333. The van der Waals surface area contributed by atoms with E-state index in [-0.39, 0.29) is 0 Å². The van der Waals surface area contributed by atoms with Crippen molar-refractivity contribution in [3.63, 3.8) is 0 Å². The molecule has 4 rings (SSSR count). The standard InChI is InChI=1S/C15H15N3O2/c1-2-12(11-4-7-16-13(11)3-1)14-17-15(20-18-14)10-5-8-19-9-6-10/h1-4,7,10,16H,5-6,8-9H2. The fourth-order valence-corrected chi connectivity index (χ4v) is 2.74. The van der Waals surface area contributed by atoms with E-state index in [2.05, 4.69) is 15.1 Å². The molecule has 0 radical (unpaired) electrons. The van der Waals surface area contributed by atoms with Crippen molar-refractivity contribution >= 4 is 10.9 Å². The lowest BCUT2D eigenvalue weighted by molar-refractivity contribution is 0.0778. The number of nitrogens with one attached hydrogen (secondary N) is 1. The SMILES string of the molecule is c1cc(-c2noc(C3CCOCC3)n2)c2cc[nH]c2c1. The van der Waals surface area contributed by atoms with Crippen molar-refractivity contribution < 1.29 is 9.26 Å². The second-order valence-electron chi connectivity index (χ2n) is 5.09. The molecule has 0 amide bonds. The number of hydrogen-bond donors (Lipinski definition) is 1. The Hall–Kier alpha value is -2.14. The molecule has 0 spiro atoms. The Bertz CT molecular complexity index is 725. The Morgan fingerprint density at radius 3 is 2.95 bits per heavy atom. The predicted octanol–water partition coefficient (Wildman–Crippen LogP) is 3.11. The Kier molecular flexibility index (Phi) is 2.77. The van der Waals surface area contributed by atoms with Crippen LogP contribution in [0, 0.1) is 0 Å². The average Bonchev–Trinajstić information content (AvgIpc) is 3.17. The first kappa shape index (κ1) is 11.7. The van der Waals surface area contributed by atoms with E-state index >= 15 is 0 Å². The molecule has 0 atom stereocenters. The molecular formula is C15H15N3O2. The van der Waals surface area contributed by atoms with Gasteiger partial charge in [0.1, 0.15) is 0 Å². The van der Waals surface area contributed by atoms with Gasteiger partial charge in [-0.05, 0) is 25.0 Å². The maximum absolute atomic E-state index is 5.46. The number of hydrogen-bond acceptors (Lipinski definition) is 4. The normalized spacial score (nSPS) is 16.8. The number of rotatable bonds is 2. The van der Waals surface area contributed by atoms with Gasteiger partial charge in [-0.3, -0.25) is 0 Å². The van der Waals surface area contributed by atoms with Gasteiger partial charge >= 0.3 is 0 Å². The Morgan fingerprint density at radius 2 is 2.05 bits per heavy atom.